The van der Waals surface area contributed by atoms with Gasteiger partial charge in [0, 0.05) is 24.4 Å². The third-order valence-electron chi connectivity index (χ3n) is 4.38. The van der Waals surface area contributed by atoms with Gasteiger partial charge in [-0.15, -0.1) is 0 Å². The number of ether oxygens (including phenoxy) is 2. The number of hydrogen-bond donors (Lipinski definition) is 0. The van der Waals surface area contributed by atoms with Crippen LogP contribution in [0.2, 0.25) is 0 Å². The molecule has 6 heteroatoms. The van der Waals surface area contributed by atoms with E-state index < -0.39 is 5.92 Å². The fourth-order valence-electron chi connectivity index (χ4n) is 3.13. The van der Waals surface area contributed by atoms with Gasteiger partial charge in [0.05, 0.1) is 23.9 Å². The van der Waals surface area contributed by atoms with E-state index in [2.05, 4.69) is 15.2 Å². The Balaban J connectivity index is 2.02. The van der Waals surface area contributed by atoms with Gasteiger partial charge in [0.25, 0.3) is 0 Å². The van der Waals surface area contributed by atoms with Crippen LogP contribution in [-0.4, -0.2) is 42.7 Å². The van der Waals surface area contributed by atoms with Crippen molar-refractivity contribution in [2.24, 2.45) is 16.1 Å². The Bertz CT molecular complexity index is 839. The van der Waals surface area contributed by atoms with Crippen molar-refractivity contribution in [3.8, 4) is 0 Å². The van der Waals surface area contributed by atoms with E-state index in [4.69, 9.17) is 9.47 Å². The third kappa shape index (κ3) is 3.44. The normalized spacial score (nSPS) is 20.1. The summed E-state index contributed by atoms with van der Waals surface area (Å²) in [5, 5.41) is 10.5. The summed E-state index contributed by atoms with van der Waals surface area (Å²) < 4.78 is 10.3. The van der Waals surface area contributed by atoms with Crippen LogP contribution in [0.1, 0.15) is 25.5 Å². The second-order valence-corrected chi connectivity index (χ2v) is 6.02. The van der Waals surface area contributed by atoms with E-state index in [-0.39, 0.29) is 18.5 Å². The molecule has 2 atom stereocenters. The first-order chi connectivity index (χ1) is 12.1. The lowest BCUT2D eigenvalue weighted by atomic mass is 9.80. The van der Waals surface area contributed by atoms with Gasteiger partial charge in [-0.1, -0.05) is 24.3 Å². The molecular formula is C19H21N3O3. The fourth-order valence-corrected chi connectivity index (χ4v) is 3.13. The van der Waals surface area contributed by atoms with E-state index in [1.165, 1.54) is 0 Å². The molecule has 1 aliphatic heterocycles. The Morgan fingerprint density at radius 3 is 2.64 bits per heavy atom. The number of pyridine rings is 1. The van der Waals surface area contributed by atoms with Crippen molar-refractivity contribution < 1.29 is 14.3 Å². The molecule has 1 aromatic heterocycles. The van der Waals surface area contributed by atoms with E-state index in [9.17, 15) is 4.79 Å². The zero-order valence-corrected chi connectivity index (χ0v) is 14.6. The van der Waals surface area contributed by atoms with E-state index in [0.717, 1.165) is 22.2 Å². The summed E-state index contributed by atoms with van der Waals surface area (Å²) in [6, 6.07) is 9.95. The molecule has 6 nitrogen and oxygen atoms in total. The fraction of sp³-hybridized carbons (Fsp3) is 0.368. The molecule has 2 unspecified atom stereocenters. The number of carbonyl (C=O) groups excluding carboxylic acids is 1. The molecule has 0 aliphatic carbocycles. The summed E-state index contributed by atoms with van der Waals surface area (Å²) in [6.45, 7) is 4.25. The average molecular weight is 339 g/mol. The zero-order valence-electron chi connectivity index (χ0n) is 14.6. The van der Waals surface area contributed by atoms with Crippen LogP contribution in [0.15, 0.2) is 46.7 Å². The lowest BCUT2D eigenvalue weighted by Crippen LogP contribution is -2.36. The van der Waals surface area contributed by atoms with Crippen LogP contribution in [-0.2, 0) is 14.3 Å². The van der Waals surface area contributed by atoms with Gasteiger partial charge in [0.15, 0.2) is 0 Å². The Hall–Kier alpha value is -2.60. The summed E-state index contributed by atoms with van der Waals surface area (Å²) in [6.07, 6.45) is 1.76. The lowest BCUT2D eigenvalue weighted by molar-refractivity contribution is -0.147. The first-order valence-electron chi connectivity index (χ1n) is 8.21. The molecule has 1 aromatic carbocycles. The molecule has 0 spiro atoms. The van der Waals surface area contributed by atoms with Gasteiger partial charge >= 0.3 is 5.97 Å². The van der Waals surface area contributed by atoms with E-state index >= 15 is 0 Å². The van der Waals surface area contributed by atoms with Crippen molar-refractivity contribution in [2.45, 2.75) is 19.8 Å². The van der Waals surface area contributed by atoms with Crippen LogP contribution in [0.4, 0.5) is 0 Å². The Labute approximate surface area is 146 Å². The first-order valence-corrected chi connectivity index (χ1v) is 8.21. The van der Waals surface area contributed by atoms with Crippen LogP contribution < -0.4 is 0 Å². The maximum Gasteiger partial charge on any atom is 0.315 e. The maximum absolute atomic E-state index is 12.7. The summed E-state index contributed by atoms with van der Waals surface area (Å²) in [7, 11) is 1.57. The van der Waals surface area contributed by atoms with Gasteiger partial charge < -0.3 is 9.47 Å². The van der Waals surface area contributed by atoms with E-state index in [1.807, 2.05) is 37.3 Å². The number of nitrogens with zero attached hydrogens (tertiary/aromatic N) is 3. The Morgan fingerprint density at radius 1 is 1.08 bits per heavy atom. The highest BCUT2D eigenvalue weighted by atomic mass is 16.6. The molecule has 0 radical (unpaired) electrons. The molecule has 0 fully saturated rings. The summed E-state index contributed by atoms with van der Waals surface area (Å²) in [5.74, 6) is -1.15. The Kier molecular flexibility index (Phi) is 5.19. The highest BCUT2D eigenvalue weighted by Crippen LogP contribution is 2.34. The molecule has 3 rings (SSSR count). The minimum atomic E-state index is -0.535. The molecule has 130 valence electrons. The number of benzene rings is 1. The van der Waals surface area contributed by atoms with Gasteiger partial charge in [-0.3, -0.25) is 9.78 Å². The van der Waals surface area contributed by atoms with Crippen LogP contribution in [0.25, 0.3) is 10.8 Å². The second-order valence-electron chi connectivity index (χ2n) is 6.02. The summed E-state index contributed by atoms with van der Waals surface area (Å²) in [5.41, 5.74) is 2.21. The summed E-state index contributed by atoms with van der Waals surface area (Å²) in [4.78, 5) is 17.3. The standard InChI is InChI=1S/C19H21N3O3/c1-12-16(18-15-7-5-4-6-14(15)8-9-20-18)17(13(2)22-21-12)19(23)25-11-10-24-3/h4-9,16-17H,10-11H2,1-3H3. The number of aromatic nitrogens is 1. The molecule has 25 heavy (non-hydrogen) atoms. The smallest absolute Gasteiger partial charge is 0.315 e. The molecule has 0 N–H and O–H groups in total. The van der Waals surface area contributed by atoms with Crippen molar-refractivity contribution in [3.05, 3.63) is 42.2 Å². The van der Waals surface area contributed by atoms with Crippen molar-refractivity contribution in [1.82, 2.24) is 4.98 Å². The minimum Gasteiger partial charge on any atom is -0.463 e. The number of esters is 1. The molecule has 0 saturated heterocycles. The van der Waals surface area contributed by atoms with Crippen molar-refractivity contribution in [3.63, 3.8) is 0 Å². The quantitative estimate of drug-likeness (QED) is 0.620. The van der Waals surface area contributed by atoms with Crippen molar-refractivity contribution in [2.75, 3.05) is 20.3 Å². The number of methoxy groups -OCH3 is 1. The SMILES string of the molecule is COCCOC(=O)C1C(C)=NN=C(C)C1c1nccc2ccccc12. The second kappa shape index (κ2) is 7.53. The minimum absolute atomic E-state index is 0.213. The molecule has 0 bridgehead atoms. The summed E-state index contributed by atoms with van der Waals surface area (Å²) >= 11 is 0. The van der Waals surface area contributed by atoms with Gasteiger partial charge in [0.1, 0.15) is 12.5 Å². The number of carbonyl (C=O) groups is 1. The monoisotopic (exact) mass is 339 g/mol. The highest BCUT2D eigenvalue weighted by molar-refractivity contribution is 6.10. The van der Waals surface area contributed by atoms with E-state index in [1.54, 1.807) is 20.2 Å². The predicted molar refractivity (Wildman–Crippen MR) is 97.0 cm³/mol. The third-order valence-corrected chi connectivity index (χ3v) is 4.38. The molecule has 2 aromatic rings. The maximum atomic E-state index is 12.7. The van der Waals surface area contributed by atoms with Crippen LogP contribution in [0, 0.1) is 5.92 Å². The first kappa shape index (κ1) is 17.2. The average Bonchev–Trinajstić information content (AvgIpc) is 2.63. The predicted octanol–water partition coefficient (Wildman–Crippen LogP) is 2.97. The highest BCUT2D eigenvalue weighted by Gasteiger charge is 2.39. The molecular weight excluding hydrogens is 318 g/mol. The van der Waals surface area contributed by atoms with Gasteiger partial charge in [0.2, 0.25) is 0 Å². The van der Waals surface area contributed by atoms with Crippen LogP contribution in [0.3, 0.4) is 0 Å². The van der Waals surface area contributed by atoms with Crippen molar-refractivity contribution >= 4 is 28.2 Å². The molecule has 2 heterocycles. The zero-order chi connectivity index (χ0) is 17.8. The number of fused-ring (bicyclic) bond motifs is 1. The molecule has 0 saturated carbocycles. The lowest BCUT2D eigenvalue weighted by Gasteiger charge is -2.28. The topological polar surface area (TPSA) is 73.1 Å². The van der Waals surface area contributed by atoms with Gasteiger partial charge in [-0.2, -0.15) is 10.2 Å². The van der Waals surface area contributed by atoms with Crippen molar-refractivity contribution in [1.29, 1.82) is 0 Å². The van der Waals surface area contributed by atoms with Gasteiger partial charge in [-0.05, 0) is 25.3 Å². The number of hydrogen-bond acceptors (Lipinski definition) is 6. The van der Waals surface area contributed by atoms with E-state index in [0.29, 0.717) is 12.3 Å². The van der Waals surface area contributed by atoms with Crippen LogP contribution in [0.5, 0.6) is 0 Å². The molecule has 1 aliphatic rings. The Morgan fingerprint density at radius 2 is 1.84 bits per heavy atom. The van der Waals surface area contributed by atoms with Gasteiger partial charge in [-0.25, -0.2) is 0 Å². The van der Waals surface area contributed by atoms with Crippen LogP contribution >= 0.6 is 0 Å². The largest absolute Gasteiger partial charge is 0.463 e. The number of rotatable bonds is 5. The molecule has 0 amide bonds.